The number of aliphatic hydroxyl groups excluding tert-OH is 1. The van der Waals surface area contributed by atoms with Crippen LogP contribution in [-0.4, -0.2) is 60.8 Å². The van der Waals surface area contributed by atoms with Crippen LogP contribution in [0.2, 0.25) is 18.6 Å². The molecule has 0 fully saturated rings. The Morgan fingerprint density at radius 2 is 1.76 bits per heavy atom. The molecule has 2 amide bonds. The number of rotatable bonds is 8. The van der Waals surface area contributed by atoms with Gasteiger partial charge in [-0.2, -0.15) is 0 Å². The van der Waals surface area contributed by atoms with E-state index in [1.807, 2.05) is 74.6 Å². The molecule has 5 rings (SSSR count). The predicted molar refractivity (Wildman–Crippen MR) is 164 cm³/mol. The average molecular weight is 589 g/mol. The molecule has 2 aliphatic rings. The van der Waals surface area contributed by atoms with Gasteiger partial charge in [-0.3, -0.25) is 9.59 Å². The molecular weight excluding hydrogens is 548 g/mol. The van der Waals surface area contributed by atoms with Crippen LogP contribution in [0.5, 0.6) is 5.75 Å². The third-order valence-corrected chi connectivity index (χ3v) is 11.1. The monoisotopic (exact) mass is 588 g/mol. The first-order chi connectivity index (χ1) is 20.1. The lowest BCUT2D eigenvalue weighted by molar-refractivity contribution is -0.136. The fourth-order valence-corrected chi connectivity index (χ4v) is 8.21. The van der Waals surface area contributed by atoms with Gasteiger partial charge in [0.15, 0.2) is 8.32 Å². The SMILES string of the molecule is CO[C@@H]1c2cc(NC(=O)c3ccccc3)ccc2O[C@H](C(CC(=O)N2Cc3ccccc3C[C@H]2CO)[Si](C)(C)O)[C@H]1C. The second-order valence-corrected chi connectivity index (χ2v) is 16.0. The Hall–Kier alpha value is -3.50. The lowest BCUT2D eigenvalue weighted by atomic mass is 9.86. The van der Waals surface area contributed by atoms with E-state index in [0.29, 0.717) is 30.0 Å². The van der Waals surface area contributed by atoms with Gasteiger partial charge in [-0.1, -0.05) is 49.4 Å². The zero-order chi connectivity index (χ0) is 30.0. The maximum atomic E-state index is 13.8. The zero-order valence-electron chi connectivity index (χ0n) is 24.6. The lowest BCUT2D eigenvalue weighted by Crippen LogP contribution is -2.52. The van der Waals surface area contributed by atoms with Crippen LogP contribution in [-0.2, 0) is 22.5 Å². The summed E-state index contributed by atoms with van der Waals surface area (Å²) in [5, 5.41) is 13.1. The van der Waals surface area contributed by atoms with E-state index >= 15 is 0 Å². The highest BCUT2D eigenvalue weighted by atomic mass is 28.4. The van der Waals surface area contributed by atoms with Gasteiger partial charge in [0.05, 0.1) is 18.8 Å². The Morgan fingerprint density at radius 3 is 2.43 bits per heavy atom. The summed E-state index contributed by atoms with van der Waals surface area (Å²) in [6.07, 6.45) is -0.122. The summed E-state index contributed by atoms with van der Waals surface area (Å²) in [5.74, 6) is 0.117. The van der Waals surface area contributed by atoms with Crippen molar-refractivity contribution < 1.29 is 29.0 Å². The van der Waals surface area contributed by atoms with Crippen molar-refractivity contribution in [3.05, 3.63) is 95.1 Å². The maximum Gasteiger partial charge on any atom is 0.255 e. The number of fused-ring (bicyclic) bond motifs is 2. The number of carbonyl (C=O) groups excluding carboxylic acids is 2. The number of anilines is 1. The number of hydrogen-bond donors (Lipinski definition) is 3. The minimum atomic E-state index is -2.93. The van der Waals surface area contributed by atoms with Gasteiger partial charge in [0.2, 0.25) is 5.91 Å². The van der Waals surface area contributed by atoms with E-state index in [-0.39, 0.29) is 42.9 Å². The Morgan fingerprint density at radius 1 is 1.07 bits per heavy atom. The lowest BCUT2D eigenvalue weighted by Gasteiger charge is -2.44. The number of methoxy groups -OCH3 is 1. The second kappa shape index (κ2) is 12.4. The summed E-state index contributed by atoms with van der Waals surface area (Å²) < 4.78 is 12.5. The smallest absolute Gasteiger partial charge is 0.255 e. The number of amides is 2. The maximum absolute atomic E-state index is 13.8. The van der Waals surface area contributed by atoms with E-state index in [1.54, 1.807) is 30.2 Å². The zero-order valence-corrected chi connectivity index (χ0v) is 25.6. The van der Waals surface area contributed by atoms with E-state index in [1.165, 1.54) is 0 Å². The van der Waals surface area contributed by atoms with Gasteiger partial charge in [0.25, 0.3) is 5.91 Å². The van der Waals surface area contributed by atoms with Crippen LogP contribution in [0.3, 0.4) is 0 Å². The summed E-state index contributed by atoms with van der Waals surface area (Å²) in [6.45, 7) is 6.01. The van der Waals surface area contributed by atoms with Gasteiger partial charge in [0.1, 0.15) is 11.9 Å². The van der Waals surface area contributed by atoms with E-state index in [2.05, 4.69) is 5.32 Å². The number of benzene rings is 3. The number of nitrogens with one attached hydrogen (secondary N) is 1. The molecule has 2 aliphatic heterocycles. The molecule has 8 nitrogen and oxygen atoms in total. The second-order valence-electron chi connectivity index (χ2n) is 12.0. The van der Waals surface area contributed by atoms with Crippen molar-refractivity contribution in [3.8, 4) is 5.75 Å². The topological polar surface area (TPSA) is 108 Å². The van der Waals surface area contributed by atoms with Crippen LogP contribution in [0.25, 0.3) is 0 Å². The van der Waals surface area contributed by atoms with Crippen molar-refractivity contribution in [2.75, 3.05) is 19.0 Å². The first-order valence-corrected chi connectivity index (χ1v) is 17.5. The minimum absolute atomic E-state index is 0.0993. The summed E-state index contributed by atoms with van der Waals surface area (Å²) in [7, 11) is -1.29. The molecule has 5 atom stereocenters. The molecule has 42 heavy (non-hydrogen) atoms. The van der Waals surface area contributed by atoms with Crippen molar-refractivity contribution in [1.29, 1.82) is 0 Å². The van der Waals surface area contributed by atoms with Gasteiger partial charge in [-0.15, -0.1) is 0 Å². The number of hydrogen-bond acceptors (Lipinski definition) is 6. The molecule has 0 aliphatic carbocycles. The van der Waals surface area contributed by atoms with Crippen LogP contribution >= 0.6 is 0 Å². The Bertz CT molecular complexity index is 1430. The molecule has 222 valence electrons. The number of carbonyl (C=O) groups is 2. The molecule has 3 N–H and O–H groups in total. The van der Waals surface area contributed by atoms with Crippen LogP contribution in [0.1, 0.15) is 46.5 Å². The predicted octanol–water partition coefficient (Wildman–Crippen LogP) is 4.93. The van der Waals surface area contributed by atoms with Gasteiger partial charge in [0, 0.05) is 48.3 Å². The summed E-state index contributed by atoms with van der Waals surface area (Å²) in [6, 6.07) is 22.2. The molecule has 0 aromatic heterocycles. The molecule has 3 aromatic carbocycles. The number of aliphatic hydroxyl groups is 1. The minimum Gasteiger partial charge on any atom is -0.490 e. The highest BCUT2D eigenvalue weighted by Gasteiger charge is 2.48. The highest BCUT2D eigenvalue weighted by Crippen LogP contribution is 2.47. The molecule has 2 heterocycles. The molecule has 0 bridgehead atoms. The Balaban J connectivity index is 1.38. The highest BCUT2D eigenvalue weighted by molar-refractivity contribution is 6.71. The molecule has 9 heteroatoms. The van der Waals surface area contributed by atoms with Crippen LogP contribution < -0.4 is 10.1 Å². The van der Waals surface area contributed by atoms with Crippen molar-refractivity contribution in [2.45, 2.75) is 63.2 Å². The molecule has 0 saturated carbocycles. The van der Waals surface area contributed by atoms with Gasteiger partial charge < -0.3 is 29.6 Å². The number of ether oxygens (including phenoxy) is 2. The van der Waals surface area contributed by atoms with Crippen molar-refractivity contribution in [2.24, 2.45) is 5.92 Å². The molecular formula is C33H40N2O6Si. The van der Waals surface area contributed by atoms with Crippen LogP contribution in [0.15, 0.2) is 72.8 Å². The molecule has 0 radical (unpaired) electrons. The quantitative estimate of drug-likeness (QED) is 0.322. The van der Waals surface area contributed by atoms with Gasteiger partial charge in [-0.25, -0.2) is 0 Å². The molecule has 0 saturated heterocycles. The first-order valence-electron chi connectivity index (χ1n) is 14.5. The third kappa shape index (κ3) is 6.15. The van der Waals surface area contributed by atoms with Crippen molar-refractivity contribution >= 4 is 25.8 Å². The Labute approximate surface area is 248 Å². The number of nitrogens with zero attached hydrogens (tertiary/aromatic N) is 1. The van der Waals surface area contributed by atoms with Crippen molar-refractivity contribution in [1.82, 2.24) is 4.90 Å². The van der Waals surface area contributed by atoms with E-state index < -0.39 is 20.0 Å². The standard InChI is InChI=1S/C33H40N2O6Si/c1-21-31(40-2)27-17-25(34-33(38)22-10-6-5-7-11-22)14-15-28(27)41-32(21)29(42(3,4)39)18-30(37)35-19-24-13-9-8-12-23(24)16-26(35)20-36/h5-15,17,21,26,29,31-32,36,39H,16,18-20H2,1-4H3,(H,34,38)/t21-,26-,29?,31-,32-/m0/s1. The Kier molecular flexibility index (Phi) is 8.84. The van der Waals surface area contributed by atoms with Crippen molar-refractivity contribution in [3.63, 3.8) is 0 Å². The fraction of sp³-hybridized carbons (Fsp3) is 0.394. The van der Waals surface area contributed by atoms with Gasteiger partial charge >= 0.3 is 0 Å². The summed E-state index contributed by atoms with van der Waals surface area (Å²) >= 11 is 0. The average Bonchev–Trinajstić information content (AvgIpc) is 2.99. The molecule has 1 unspecified atom stereocenters. The normalized spacial score (nSPS) is 22.4. The third-order valence-electron chi connectivity index (χ3n) is 8.71. The van der Waals surface area contributed by atoms with Crippen LogP contribution in [0.4, 0.5) is 5.69 Å². The molecule has 3 aromatic rings. The van der Waals surface area contributed by atoms with E-state index in [4.69, 9.17) is 9.47 Å². The molecule has 0 spiro atoms. The summed E-state index contributed by atoms with van der Waals surface area (Å²) in [5.41, 5.74) is 3.81. The first kappa shape index (κ1) is 30.0. The fourth-order valence-electron chi connectivity index (χ4n) is 6.36. The van der Waals surface area contributed by atoms with E-state index in [0.717, 1.165) is 16.7 Å². The summed E-state index contributed by atoms with van der Waals surface area (Å²) in [4.78, 5) is 39.8. The largest absolute Gasteiger partial charge is 0.490 e. The van der Waals surface area contributed by atoms with Gasteiger partial charge in [-0.05, 0) is 61.0 Å². The van der Waals surface area contributed by atoms with Crippen LogP contribution in [0, 0.1) is 5.92 Å². The van der Waals surface area contributed by atoms with E-state index in [9.17, 15) is 19.5 Å².